The number of rotatable bonds is 5. The van der Waals surface area contributed by atoms with E-state index in [9.17, 15) is 18.8 Å². The average Bonchev–Trinajstić information content (AvgIpc) is 3.05. The van der Waals surface area contributed by atoms with Crippen molar-refractivity contribution in [2.45, 2.75) is 25.0 Å². The van der Waals surface area contributed by atoms with Gasteiger partial charge < -0.3 is 9.88 Å². The fraction of sp³-hybridized carbons (Fsp3) is 0.333. The highest BCUT2D eigenvalue weighted by atomic mass is 32.2. The third-order valence-corrected chi connectivity index (χ3v) is 5.19. The van der Waals surface area contributed by atoms with Gasteiger partial charge in [0.15, 0.2) is 16.3 Å². The Kier molecular flexibility index (Phi) is 5.41. The molecule has 8 nitrogen and oxygen atoms in total. The number of nitrogens with one attached hydrogen (secondary N) is 1. The van der Waals surface area contributed by atoms with Crippen LogP contribution in [0.5, 0.6) is 0 Å². The summed E-state index contributed by atoms with van der Waals surface area (Å²) in [6.45, 7) is 3.79. The Morgan fingerprint density at radius 1 is 1.18 bits per heavy atom. The lowest BCUT2D eigenvalue weighted by atomic mass is 10.3. The predicted molar refractivity (Wildman–Crippen MR) is 106 cm³/mol. The van der Waals surface area contributed by atoms with Gasteiger partial charge in [0, 0.05) is 25.8 Å². The number of carbonyl (C=O) groups excluding carboxylic acids is 1. The Labute approximate surface area is 164 Å². The van der Waals surface area contributed by atoms with Gasteiger partial charge >= 0.3 is 5.69 Å². The number of hydrogen-bond acceptors (Lipinski definition) is 5. The molecule has 0 saturated heterocycles. The van der Waals surface area contributed by atoms with E-state index in [0.29, 0.717) is 16.4 Å². The zero-order chi connectivity index (χ0) is 20.6. The van der Waals surface area contributed by atoms with E-state index in [1.54, 1.807) is 11.6 Å². The number of nitrogens with zero attached hydrogens (tertiary/aromatic N) is 4. The first-order valence-electron chi connectivity index (χ1n) is 8.57. The van der Waals surface area contributed by atoms with Crippen molar-refractivity contribution in [2.24, 2.45) is 14.1 Å². The summed E-state index contributed by atoms with van der Waals surface area (Å²) >= 11 is 1.16. The number of hydrogen-bond donors (Lipinski definition) is 1. The summed E-state index contributed by atoms with van der Waals surface area (Å²) in [5, 5.41) is 3.15. The Bertz CT molecular complexity index is 1160. The molecule has 0 spiro atoms. The molecule has 1 N–H and O–H groups in total. The van der Waals surface area contributed by atoms with Gasteiger partial charge in [-0.2, -0.15) is 0 Å². The Balaban J connectivity index is 1.91. The van der Waals surface area contributed by atoms with Crippen LogP contribution in [0.4, 0.5) is 10.1 Å². The standard InChI is InChI=1S/C18H20FN5O3S/c1-10(2)24-14-15(22(3)18(27)23(4)16(14)26)21-17(24)28-9-13(25)20-12-7-5-11(19)6-8-12/h5-8,10H,9H2,1-4H3,(H,20,25). The molecule has 0 fully saturated rings. The summed E-state index contributed by atoms with van der Waals surface area (Å²) in [4.78, 5) is 41.4. The van der Waals surface area contributed by atoms with Crippen LogP contribution in [-0.2, 0) is 18.9 Å². The lowest BCUT2D eigenvalue weighted by molar-refractivity contribution is -0.113. The smallest absolute Gasteiger partial charge is 0.325 e. The fourth-order valence-electron chi connectivity index (χ4n) is 2.84. The van der Waals surface area contributed by atoms with E-state index >= 15 is 0 Å². The maximum absolute atomic E-state index is 13.0. The molecule has 2 aromatic heterocycles. The van der Waals surface area contributed by atoms with Crippen molar-refractivity contribution in [3.63, 3.8) is 0 Å². The number of halogens is 1. The summed E-state index contributed by atoms with van der Waals surface area (Å²) in [5.74, 6) is -0.632. The van der Waals surface area contributed by atoms with E-state index in [4.69, 9.17) is 0 Å². The van der Waals surface area contributed by atoms with Crippen LogP contribution >= 0.6 is 11.8 Å². The normalized spacial score (nSPS) is 11.4. The molecule has 0 aliphatic carbocycles. The minimum Gasteiger partial charge on any atom is -0.325 e. The zero-order valence-corrected chi connectivity index (χ0v) is 16.7. The van der Waals surface area contributed by atoms with E-state index < -0.39 is 11.2 Å². The lowest BCUT2D eigenvalue weighted by Gasteiger charge is -2.12. The van der Waals surface area contributed by atoms with E-state index in [1.165, 1.54) is 35.9 Å². The van der Waals surface area contributed by atoms with Crippen LogP contribution in [0.25, 0.3) is 11.2 Å². The van der Waals surface area contributed by atoms with Crippen molar-refractivity contribution in [1.29, 1.82) is 0 Å². The van der Waals surface area contributed by atoms with Crippen molar-refractivity contribution in [3.05, 3.63) is 50.9 Å². The molecule has 148 valence electrons. The van der Waals surface area contributed by atoms with Crippen molar-refractivity contribution < 1.29 is 9.18 Å². The summed E-state index contributed by atoms with van der Waals surface area (Å²) in [6.07, 6.45) is 0. The summed E-state index contributed by atoms with van der Waals surface area (Å²) in [7, 11) is 2.97. The first-order chi connectivity index (χ1) is 13.2. The number of aryl methyl sites for hydroxylation is 1. The highest BCUT2D eigenvalue weighted by Crippen LogP contribution is 2.25. The van der Waals surface area contributed by atoms with E-state index in [2.05, 4.69) is 10.3 Å². The number of anilines is 1. The molecule has 2 heterocycles. The van der Waals surface area contributed by atoms with Gasteiger partial charge in [-0.25, -0.2) is 14.2 Å². The monoisotopic (exact) mass is 405 g/mol. The second-order valence-corrected chi connectivity index (χ2v) is 7.52. The van der Waals surface area contributed by atoms with Crippen molar-refractivity contribution in [1.82, 2.24) is 18.7 Å². The van der Waals surface area contributed by atoms with Gasteiger partial charge in [0.1, 0.15) is 5.82 Å². The maximum Gasteiger partial charge on any atom is 0.332 e. The number of carbonyl (C=O) groups is 1. The minimum atomic E-state index is -0.462. The van der Waals surface area contributed by atoms with Crippen molar-refractivity contribution >= 4 is 34.5 Å². The van der Waals surface area contributed by atoms with Crippen molar-refractivity contribution in [3.8, 4) is 0 Å². The maximum atomic E-state index is 13.0. The number of amides is 1. The van der Waals surface area contributed by atoms with Gasteiger partial charge in [0.05, 0.1) is 5.75 Å². The SMILES string of the molecule is CC(C)n1c(SCC(=O)Nc2ccc(F)cc2)nc2c1c(=O)n(C)c(=O)n2C. The molecule has 0 bridgehead atoms. The van der Waals surface area contributed by atoms with E-state index in [-0.39, 0.29) is 29.2 Å². The molecule has 1 amide bonds. The molecule has 0 aliphatic heterocycles. The fourth-order valence-corrected chi connectivity index (χ4v) is 3.76. The lowest BCUT2D eigenvalue weighted by Crippen LogP contribution is -2.37. The first kappa shape index (κ1) is 19.9. The van der Waals surface area contributed by atoms with E-state index in [0.717, 1.165) is 16.3 Å². The molecular weight excluding hydrogens is 385 g/mol. The van der Waals surface area contributed by atoms with Crippen LogP contribution in [-0.4, -0.2) is 30.3 Å². The number of benzene rings is 1. The second kappa shape index (κ2) is 7.63. The third-order valence-electron chi connectivity index (χ3n) is 4.24. The van der Waals surface area contributed by atoms with Gasteiger partial charge in [0.25, 0.3) is 5.56 Å². The summed E-state index contributed by atoms with van der Waals surface area (Å²) in [5.41, 5.74) is 0.198. The number of imidazole rings is 1. The van der Waals surface area contributed by atoms with Gasteiger partial charge in [0.2, 0.25) is 5.91 Å². The Morgan fingerprint density at radius 2 is 1.82 bits per heavy atom. The Morgan fingerprint density at radius 3 is 2.43 bits per heavy atom. The molecule has 0 unspecified atom stereocenters. The number of thioether (sulfide) groups is 1. The molecular formula is C18H20FN5O3S. The highest BCUT2D eigenvalue weighted by Gasteiger charge is 2.21. The molecule has 0 atom stereocenters. The summed E-state index contributed by atoms with van der Waals surface area (Å²) < 4.78 is 17.0. The molecule has 0 saturated carbocycles. The predicted octanol–water partition coefficient (Wildman–Crippen LogP) is 1.88. The van der Waals surface area contributed by atoms with Gasteiger partial charge in [-0.05, 0) is 38.1 Å². The molecule has 0 radical (unpaired) electrons. The van der Waals surface area contributed by atoms with Crippen LogP contribution in [0.1, 0.15) is 19.9 Å². The zero-order valence-electron chi connectivity index (χ0n) is 15.9. The topological polar surface area (TPSA) is 90.9 Å². The molecule has 3 aromatic rings. The summed E-state index contributed by atoms with van der Waals surface area (Å²) in [6, 6.07) is 5.37. The van der Waals surface area contributed by atoms with Gasteiger partial charge in [-0.3, -0.25) is 18.7 Å². The molecule has 1 aromatic carbocycles. The molecule has 3 rings (SSSR count). The first-order valence-corrected chi connectivity index (χ1v) is 9.55. The van der Waals surface area contributed by atoms with Crippen LogP contribution in [0.3, 0.4) is 0 Å². The number of fused-ring (bicyclic) bond motifs is 1. The highest BCUT2D eigenvalue weighted by molar-refractivity contribution is 7.99. The average molecular weight is 405 g/mol. The van der Waals surface area contributed by atoms with Crippen molar-refractivity contribution in [2.75, 3.05) is 11.1 Å². The Hall–Kier alpha value is -2.88. The molecule has 10 heteroatoms. The van der Waals surface area contributed by atoms with E-state index in [1.807, 2.05) is 13.8 Å². The van der Waals surface area contributed by atoms with Crippen LogP contribution in [0, 0.1) is 5.82 Å². The quantitative estimate of drug-likeness (QED) is 0.655. The molecule has 28 heavy (non-hydrogen) atoms. The van der Waals surface area contributed by atoms with Gasteiger partial charge in [-0.1, -0.05) is 11.8 Å². The third kappa shape index (κ3) is 3.59. The molecule has 0 aliphatic rings. The minimum absolute atomic E-state index is 0.0433. The van der Waals surface area contributed by atoms with Crippen LogP contribution < -0.4 is 16.6 Å². The van der Waals surface area contributed by atoms with Crippen LogP contribution in [0.15, 0.2) is 39.0 Å². The van der Waals surface area contributed by atoms with Crippen LogP contribution in [0.2, 0.25) is 0 Å². The number of aromatic nitrogens is 4. The second-order valence-electron chi connectivity index (χ2n) is 6.58. The van der Waals surface area contributed by atoms with Gasteiger partial charge in [-0.15, -0.1) is 0 Å². The largest absolute Gasteiger partial charge is 0.332 e.